The molecule has 20 heavy (non-hydrogen) atoms. The second kappa shape index (κ2) is 4.49. The molecule has 3 nitrogen and oxygen atoms in total. The molecule has 1 fully saturated rings. The molecule has 1 aliphatic carbocycles. The number of thiophene rings is 1. The number of aromatic amines is 1. The molecule has 2 aromatic heterocycles. The number of hydrogen-bond donors (Lipinski definition) is 1. The van der Waals surface area contributed by atoms with Gasteiger partial charge in [0.25, 0.3) is 5.56 Å². The summed E-state index contributed by atoms with van der Waals surface area (Å²) in [5, 5.41) is 0.993. The average Bonchev–Trinajstić information content (AvgIpc) is 3.16. The normalized spacial score (nSPS) is 14.6. The number of H-pyrrole nitrogens is 1. The van der Waals surface area contributed by atoms with E-state index in [0.717, 1.165) is 26.3 Å². The predicted octanol–water partition coefficient (Wildman–Crippen LogP) is 3.80. The Labute approximate surface area is 119 Å². The summed E-state index contributed by atoms with van der Waals surface area (Å²) in [6, 6.07) is 12.1. The van der Waals surface area contributed by atoms with E-state index in [0.29, 0.717) is 6.10 Å². The molecule has 0 radical (unpaired) electrons. The van der Waals surface area contributed by atoms with Gasteiger partial charge in [-0.1, -0.05) is 0 Å². The minimum absolute atomic E-state index is 0.0209. The zero-order valence-corrected chi connectivity index (χ0v) is 11.6. The number of pyridine rings is 1. The highest BCUT2D eigenvalue weighted by atomic mass is 32.1. The number of ether oxygens (including phenoxy) is 1. The van der Waals surface area contributed by atoms with E-state index in [9.17, 15) is 4.79 Å². The molecule has 1 aromatic carbocycles. The smallest absolute Gasteiger partial charge is 0.265 e. The first-order valence-electron chi connectivity index (χ1n) is 6.68. The van der Waals surface area contributed by atoms with Crippen LogP contribution < -0.4 is 10.3 Å². The number of benzene rings is 1. The van der Waals surface area contributed by atoms with E-state index in [1.165, 1.54) is 24.2 Å². The zero-order valence-electron chi connectivity index (χ0n) is 10.8. The van der Waals surface area contributed by atoms with E-state index in [-0.39, 0.29) is 5.56 Å². The molecule has 0 bridgehead atoms. The third-order valence-electron chi connectivity index (χ3n) is 3.41. The second-order valence-electron chi connectivity index (χ2n) is 5.04. The summed E-state index contributed by atoms with van der Waals surface area (Å²) in [4.78, 5) is 15.6. The SMILES string of the molecule is O=c1[nH]ccc2cc(-c3ccc(OC4CC4)cc3)sc12. The van der Waals surface area contributed by atoms with Crippen molar-refractivity contribution in [2.75, 3.05) is 0 Å². The summed E-state index contributed by atoms with van der Waals surface area (Å²) in [5.74, 6) is 0.926. The fraction of sp³-hybridized carbons (Fsp3) is 0.188. The van der Waals surface area contributed by atoms with Gasteiger partial charge in [-0.05, 0) is 54.8 Å². The maximum absolute atomic E-state index is 11.7. The van der Waals surface area contributed by atoms with Crippen molar-refractivity contribution in [1.82, 2.24) is 4.98 Å². The van der Waals surface area contributed by atoms with Gasteiger partial charge in [-0.15, -0.1) is 11.3 Å². The Morgan fingerprint density at radius 2 is 1.95 bits per heavy atom. The number of nitrogens with one attached hydrogen (secondary N) is 1. The quantitative estimate of drug-likeness (QED) is 0.794. The first kappa shape index (κ1) is 11.7. The summed E-state index contributed by atoms with van der Waals surface area (Å²) in [6.07, 6.45) is 4.44. The summed E-state index contributed by atoms with van der Waals surface area (Å²) in [7, 11) is 0. The number of aromatic nitrogens is 1. The van der Waals surface area contributed by atoms with E-state index in [1.54, 1.807) is 6.20 Å². The maximum Gasteiger partial charge on any atom is 0.265 e. The minimum Gasteiger partial charge on any atom is -0.490 e. The lowest BCUT2D eigenvalue weighted by molar-refractivity contribution is 0.303. The monoisotopic (exact) mass is 283 g/mol. The molecule has 0 spiro atoms. The Bertz CT molecular complexity index is 812. The topological polar surface area (TPSA) is 42.1 Å². The van der Waals surface area contributed by atoms with Crippen LogP contribution in [0.4, 0.5) is 0 Å². The highest BCUT2D eigenvalue weighted by molar-refractivity contribution is 7.22. The molecule has 0 unspecified atom stereocenters. The van der Waals surface area contributed by atoms with Crippen molar-refractivity contribution < 1.29 is 4.74 Å². The molecule has 1 N–H and O–H groups in total. The van der Waals surface area contributed by atoms with Gasteiger partial charge in [0.15, 0.2) is 0 Å². The number of hydrogen-bond acceptors (Lipinski definition) is 3. The van der Waals surface area contributed by atoms with Crippen LogP contribution in [-0.4, -0.2) is 11.1 Å². The van der Waals surface area contributed by atoms with Crippen LogP contribution in [0.15, 0.2) is 47.4 Å². The molecule has 1 saturated carbocycles. The predicted molar refractivity (Wildman–Crippen MR) is 81.5 cm³/mol. The van der Waals surface area contributed by atoms with Gasteiger partial charge in [-0.3, -0.25) is 4.79 Å². The van der Waals surface area contributed by atoms with Crippen molar-refractivity contribution in [3.05, 3.63) is 52.9 Å². The molecule has 3 aromatic rings. The summed E-state index contributed by atoms with van der Waals surface area (Å²) in [6.45, 7) is 0. The van der Waals surface area contributed by atoms with E-state index < -0.39 is 0 Å². The molecular formula is C16H13NO2S. The van der Waals surface area contributed by atoms with Crippen LogP contribution in [0.5, 0.6) is 5.75 Å². The lowest BCUT2D eigenvalue weighted by atomic mass is 10.1. The van der Waals surface area contributed by atoms with Gasteiger partial charge in [0.1, 0.15) is 10.4 Å². The Balaban J connectivity index is 1.70. The van der Waals surface area contributed by atoms with Crippen molar-refractivity contribution in [3.8, 4) is 16.2 Å². The molecule has 0 amide bonds. The third kappa shape index (κ3) is 2.12. The van der Waals surface area contributed by atoms with Crippen molar-refractivity contribution in [2.45, 2.75) is 18.9 Å². The Kier molecular flexibility index (Phi) is 2.63. The van der Waals surface area contributed by atoms with Crippen LogP contribution in [-0.2, 0) is 0 Å². The summed E-state index contributed by atoms with van der Waals surface area (Å²) >= 11 is 1.52. The Morgan fingerprint density at radius 1 is 1.15 bits per heavy atom. The largest absolute Gasteiger partial charge is 0.490 e. The number of fused-ring (bicyclic) bond motifs is 1. The minimum atomic E-state index is -0.0209. The van der Waals surface area contributed by atoms with Gasteiger partial charge in [-0.2, -0.15) is 0 Å². The molecule has 2 heterocycles. The van der Waals surface area contributed by atoms with E-state index >= 15 is 0 Å². The lowest BCUT2D eigenvalue weighted by Gasteiger charge is -2.04. The van der Waals surface area contributed by atoms with Crippen LogP contribution >= 0.6 is 11.3 Å². The van der Waals surface area contributed by atoms with Crippen molar-refractivity contribution in [2.24, 2.45) is 0 Å². The van der Waals surface area contributed by atoms with Gasteiger partial charge >= 0.3 is 0 Å². The summed E-state index contributed by atoms with van der Waals surface area (Å²) < 4.78 is 6.52. The first-order valence-corrected chi connectivity index (χ1v) is 7.49. The molecular weight excluding hydrogens is 270 g/mol. The molecule has 0 atom stereocenters. The lowest BCUT2D eigenvalue weighted by Crippen LogP contribution is -2.01. The summed E-state index contributed by atoms with van der Waals surface area (Å²) in [5.41, 5.74) is 1.10. The van der Waals surface area contributed by atoms with E-state index in [2.05, 4.69) is 23.2 Å². The molecule has 4 rings (SSSR count). The fourth-order valence-electron chi connectivity index (χ4n) is 2.20. The van der Waals surface area contributed by atoms with E-state index in [4.69, 9.17) is 4.74 Å². The molecule has 100 valence electrons. The van der Waals surface area contributed by atoms with Crippen LogP contribution in [0.2, 0.25) is 0 Å². The highest BCUT2D eigenvalue weighted by Gasteiger charge is 2.23. The van der Waals surface area contributed by atoms with Gasteiger partial charge in [0.2, 0.25) is 0 Å². The standard InChI is InChI=1S/C16H13NO2S/c18-16-15-11(7-8-17-16)9-14(20-15)10-1-3-12(4-2-10)19-13-5-6-13/h1-4,7-9,13H,5-6H2,(H,17,18). The van der Waals surface area contributed by atoms with Crippen molar-refractivity contribution >= 4 is 21.4 Å². The van der Waals surface area contributed by atoms with Crippen LogP contribution in [0.25, 0.3) is 20.5 Å². The van der Waals surface area contributed by atoms with Gasteiger partial charge in [-0.25, -0.2) is 0 Å². The van der Waals surface area contributed by atoms with Gasteiger partial charge in [0, 0.05) is 16.5 Å². The highest BCUT2D eigenvalue weighted by Crippen LogP contribution is 2.33. The average molecular weight is 283 g/mol. The Morgan fingerprint density at radius 3 is 2.65 bits per heavy atom. The maximum atomic E-state index is 11.7. The van der Waals surface area contributed by atoms with E-state index in [1.807, 2.05) is 18.2 Å². The fourth-order valence-corrected chi connectivity index (χ4v) is 3.25. The molecule has 4 heteroatoms. The molecule has 1 aliphatic rings. The van der Waals surface area contributed by atoms with Crippen LogP contribution in [0.1, 0.15) is 12.8 Å². The second-order valence-corrected chi connectivity index (χ2v) is 6.10. The van der Waals surface area contributed by atoms with Crippen molar-refractivity contribution in [3.63, 3.8) is 0 Å². The number of rotatable bonds is 3. The molecule has 0 aliphatic heterocycles. The van der Waals surface area contributed by atoms with Gasteiger partial charge < -0.3 is 9.72 Å². The van der Waals surface area contributed by atoms with Crippen LogP contribution in [0.3, 0.4) is 0 Å². The zero-order chi connectivity index (χ0) is 13.5. The van der Waals surface area contributed by atoms with Crippen molar-refractivity contribution in [1.29, 1.82) is 0 Å². The van der Waals surface area contributed by atoms with Gasteiger partial charge in [0.05, 0.1) is 6.10 Å². The molecule has 0 saturated heterocycles. The Hall–Kier alpha value is -2.07. The first-order chi connectivity index (χ1) is 9.79. The third-order valence-corrected chi connectivity index (χ3v) is 4.61. The van der Waals surface area contributed by atoms with Crippen LogP contribution in [0, 0.1) is 0 Å².